The van der Waals surface area contributed by atoms with Crippen LogP contribution in [0.25, 0.3) is 10.9 Å². The first-order valence-corrected chi connectivity index (χ1v) is 9.56. The zero-order valence-electron chi connectivity index (χ0n) is 16.0. The number of nitrogens with one attached hydrogen (secondary N) is 1. The van der Waals surface area contributed by atoms with Gasteiger partial charge in [-0.3, -0.25) is 9.48 Å². The number of fused-ring (bicyclic) bond motifs is 1. The van der Waals surface area contributed by atoms with Crippen molar-refractivity contribution in [2.24, 2.45) is 5.73 Å². The molecule has 1 atom stereocenters. The van der Waals surface area contributed by atoms with E-state index in [1.807, 2.05) is 35.0 Å². The normalized spacial score (nSPS) is 15.6. The van der Waals surface area contributed by atoms with Gasteiger partial charge >= 0.3 is 0 Å². The number of morpholine rings is 1. The maximum absolute atomic E-state index is 12.3. The fourth-order valence-electron chi connectivity index (χ4n) is 3.47. The molecule has 0 saturated carbocycles. The summed E-state index contributed by atoms with van der Waals surface area (Å²) in [6.07, 6.45) is 0. The molecule has 1 fully saturated rings. The van der Waals surface area contributed by atoms with Crippen molar-refractivity contribution in [3.8, 4) is 0 Å². The predicted octanol–water partition coefficient (Wildman–Crippen LogP) is 2.21. The lowest BCUT2D eigenvalue weighted by molar-refractivity contribution is -0.117. The Kier molecular flexibility index (Phi) is 5.27. The van der Waals surface area contributed by atoms with Gasteiger partial charge in [0.25, 0.3) is 0 Å². The van der Waals surface area contributed by atoms with Gasteiger partial charge in [0.05, 0.1) is 42.4 Å². The van der Waals surface area contributed by atoms with Crippen LogP contribution in [0.1, 0.15) is 12.5 Å². The van der Waals surface area contributed by atoms with Crippen molar-refractivity contribution < 1.29 is 9.53 Å². The molecule has 4 rings (SSSR count). The van der Waals surface area contributed by atoms with E-state index >= 15 is 0 Å². The van der Waals surface area contributed by atoms with E-state index in [1.165, 1.54) is 0 Å². The molecule has 1 aliphatic rings. The largest absolute Gasteiger partial charge is 0.378 e. The van der Waals surface area contributed by atoms with Crippen molar-refractivity contribution in [2.75, 3.05) is 36.5 Å². The van der Waals surface area contributed by atoms with Crippen LogP contribution in [0.2, 0.25) is 0 Å². The molecular formula is C21H25N5O2. The molecule has 28 heavy (non-hydrogen) atoms. The number of aromatic nitrogens is 2. The van der Waals surface area contributed by atoms with Crippen LogP contribution in [0, 0.1) is 0 Å². The van der Waals surface area contributed by atoms with Crippen LogP contribution in [0.4, 0.5) is 11.5 Å². The van der Waals surface area contributed by atoms with Crippen LogP contribution in [0.5, 0.6) is 0 Å². The molecule has 0 radical (unpaired) electrons. The van der Waals surface area contributed by atoms with E-state index in [2.05, 4.69) is 28.4 Å². The van der Waals surface area contributed by atoms with E-state index in [0.717, 1.165) is 35.2 Å². The Morgan fingerprint density at radius 3 is 2.64 bits per heavy atom. The van der Waals surface area contributed by atoms with Gasteiger partial charge in [-0.25, -0.2) is 0 Å². The number of carbonyl (C=O) groups is 1. The van der Waals surface area contributed by atoms with Gasteiger partial charge in [-0.2, -0.15) is 5.10 Å². The number of anilines is 2. The zero-order valence-corrected chi connectivity index (χ0v) is 16.0. The number of rotatable bonds is 5. The van der Waals surface area contributed by atoms with E-state index in [4.69, 9.17) is 15.6 Å². The molecule has 3 N–H and O–H groups in total. The minimum Gasteiger partial charge on any atom is -0.378 e. The van der Waals surface area contributed by atoms with E-state index in [9.17, 15) is 4.79 Å². The highest BCUT2D eigenvalue weighted by Crippen LogP contribution is 2.34. The number of carbonyl (C=O) groups excluding carboxylic acids is 1. The number of hydrogen-bond acceptors (Lipinski definition) is 5. The topological polar surface area (TPSA) is 85.4 Å². The van der Waals surface area contributed by atoms with E-state index in [-0.39, 0.29) is 5.91 Å². The summed E-state index contributed by atoms with van der Waals surface area (Å²) in [7, 11) is 0. The van der Waals surface area contributed by atoms with Crippen molar-refractivity contribution in [1.82, 2.24) is 9.78 Å². The molecule has 2 aromatic carbocycles. The second kappa shape index (κ2) is 8.00. The maximum Gasteiger partial charge on any atom is 0.242 e. The van der Waals surface area contributed by atoms with E-state index in [0.29, 0.717) is 25.6 Å². The van der Waals surface area contributed by atoms with Crippen LogP contribution >= 0.6 is 0 Å². The van der Waals surface area contributed by atoms with Crippen LogP contribution in [-0.2, 0) is 16.1 Å². The van der Waals surface area contributed by atoms with Crippen LogP contribution in [0.3, 0.4) is 0 Å². The monoisotopic (exact) mass is 379 g/mol. The predicted molar refractivity (Wildman–Crippen MR) is 111 cm³/mol. The molecule has 7 heteroatoms. The molecule has 1 aromatic heterocycles. The fourth-order valence-corrected chi connectivity index (χ4v) is 3.47. The third-order valence-corrected chi connectivity index (χ3v) is 4.94. The lowest BCUT2D eigenvalue weighted by atomic mass is 10.1. The molecule has 1 amide bonds. The van der Waals surface area contributed by atoms with Gasteiger partial charge in [0.2, 0.25) is 5.91 Å². The number of benzene rings is 2. The number of amides is 1. The standard InChI is InChI=1S/C21H25N5O2/c1-15(22)21(27)23-20-19-17(25-10-12-28-13-11-25)8-5-9-18(19)26(24-20)14-16-6-3-2-4-7-16/h2-9,15H,10-14,22H2,1H3,(H,23,24,27)/t15-/m1/s1. The molecule has 1 aliphatic heterocycles. The molecule has 146 valence electrons. The summed E-state index contributed by atoms with van der Waals surface area (Å²) in [6.45, 7) is 5.29. The number of hydrogen-bond donors (Lipinski definition) is 2. The Labute approximate surface area is 164 Å². The first-order chi connectivity index (χ1) is 13.6. The lowest BCUT2D eigenvalue weighted by Gasteiger charge is -2.29. The quantitative estimate of drug-likeness (QED) is 0.710. The molecule has 1 saturated heterocycles. The van der Waals surface area contributed by atoms with Crippen molar-refractivity contribution in [1.29, 1.82) is 0 Å². The zero-order chi connectivity index (χ0) is 19.5. The molecular weight excluding hydrogens is 354 g/mol. The summed E-state index contributed by atoms with van der Waals surface area (Å²) in [5, 5.41) is 8.59. The average Bonchev–Trinajstić information content (AvgIpc) is 3.06. The second-order valence-corrected chi connectivity index (χ2v) is 7.04. The summed E-state index contributed by atoms with van der Waals surface area (Å²) in [5.41, 5.74) is 8.95. The van der Waals surface area contributed by atoms with Crippen molar-refractivity contribution in [3.63, 3.8) is 0 Å². The maximum atomic E-state index is 12.3. The van der Waals surface area contributed by atoms with E-state index in [1.54, 1.807) is 6.92 Å². The first kappa shape index (κ1) is 18.5. The van der Waals surface area contributed by atoms with Crippen LogP contribution < -0.4 is 16.0 Å². The summed E-state index contributed by atoms with van der Waals surface area (Å²) in [4.78, 5) is 14.6. The van der Waals surface area contributed by atoms with Gasteiger partial charge in [-0.15, -0.1) is 0 Å². The van der Waals surface area contributed by atoms with Crippen LogP contribution in [0.15, 0.2) is 48.5 Å². The third-order valence-electron chi connectivity index (χ3n) is 4.94. The fraction of sp³-hybridized carbons (Fsp3) is 0.333. The number of ether oxygens (including phenoxy) is 1. The number of nitrogens with zero attached hydrogens (tertiary/aromatic N) is 3. The summed E-state index contributed by atoms with van der Waals surface area (Å²) in [6, 6.07) is 15.7. The molecule has 2 heterocycles. The average molecular weight is 379 g/mol. The minimum absolute atomic E-state index is 0.247. The highest BCUT2D eigenvalue weighted by Gasteiger charge is 2.21. The number of nitrogens with two attached hydrogens (primary N) is 1. The van der Waals surface area contributed by atoms with Crippen molar-refractivity contribution in [3.05, 3.63) is 54.1 Å². The smallest absolute Gasteiger partial charge is 0.242 e. The Morgan fingerprint density at radius 2 is 1.93 bits per heavy atom. The van der Waals surface area contributed by atoms with Gasteiger partial charge in [-0.1, -0.05) is 36.4 Å². The molecule has 3 aromatic rings. The SMILES string of the molecule is C[C@@H](N)C(=O)Nc1nn(Cc2ccccc2)c2cccc(N3CCOCC3)c12. The Morgan fingerprint density at radius 1 is 1.18 bits per heavy atom. The Hall–Kier alpha value is -2.90. The summed E-state index contributed by atoms with van der Waals surface area (Å²) < 4.78 is 7.43. The van der Waals surface area contributed by atoms with Gasteiger partial charge in [-0.05, 0) is 24.6 Å². The Bertz CT molecular complexity index is 962. The summed E-state index contributed by atoms with van der Waals surface area (Å²) >= 11 is 0. The molecule has 0 bridgehead atoms. The third kappa shape index (κ3) is 3.72. The molecule has 0 aliphatic carbocycles. The highest BCUT2D eigenvalue weighted by atomic mass is 16.5. The molecule has 0 spiro atoms. The highest BCUT2D eigenvalue weighted by molar-refractivity contribution is 6.07. The minimum atomic E-state index is -0.607. The van der Waals surface area contributed by atoms with E-state index < -0.39 is 6.04 Å². The van der Waals surface area contributed by atoms with Gasteiger partial charge in [0.15, 0.2) is 5.82 Å². The molecule has 7 nitrogen and oxygen atoms in total. The van der Waals surface area contributed by atoms with Gasteiger partial charge < -0.3 is 20.7 Å². The Balaban J connectivity index is 1.80. The van der Waals surface area contributed by atoms with Gasteiger partial charge in [0, 0.05) is 13.1 Å². The molecule has 0 unspecified atom stereocenters. The first-order valence-electron chi connectivity index (χ1n) is 9.56. The van der Waals surface area contributed by atoms with Crippen molar-refractivity contribution in [2.45, 2.75) is 19.5 Å². The van der Waals surface area contributed by atoms with Crippen LogP contribution in [-0.4, -0.2) is 48.0 Å². The second-order valence-electron chi connectivity index (χ2n) is 7.04. The van der Waals surface area contributed by atoms with Crippen molar-refractivity contribution >= 4 is 28.3 Å². The summed E-state index contributed by atoms with van der Waals surface area (Å²) in [5.74, 6) is 0.304. The van der Waals surface area contributed by atoms with Gasteiger partial charge in [0.1, 0.15) is 0 Å². The lowest BCUT2D eigenvalue weighted by Crippen LogP contribution is -2.36.